The Balaban J connectivity index is 1.46. The summed E-state index contributed by atoms with van der Waals surface area (Å²) in [5.41, 5.74) is -0.602. The number of nitrogens with one attached hydrogen (secondary N) is 2. The van der Waals surface area contributed by atoms with Crippen molar-refractivity contribution in [2.24, 2.45) is 17.8 Å². The lowest BCUT2D eigenvalue weighted by Gasteiger charge is -2.24. The molecule has 0 aliphatic heterocycles. The summed E-state index contributed by atoms with van der Waals surface area (Å²) < 4.78 is 40.0. The third-order valence-electron chi connectivity index (χ3n) is 7.06. The van der Waals surface area contributed by atoms with Gasteiger partial charge in [-0.2, -0.15) is 18.4 Å². The number of rotatable bonds is 9. The molecule has 0 radical (unpaired) electrons. The first kappa shape index (κ1) is 25.0. The number of carbonyl (C=O) groups excluding carboxylic acids is 3. The van der Waals surface area contributed by atoms with Gasteiger partial charge in [-0.25, -0.2) is 0 Å². The molecule has 2 fully saturated rings. The summed E-state index contributed by atoms with van der Waals surface area (Å²) in [6.45, 7) is 0. The van der Waals surface area contributed by atoms with Gasteiger partial charge in [0.25, 0.3) is 0 Å². The van der Waals surface area contributed by atoms with Crippen LogP contribution in [0.5, 0.6) is 0 Å². The van der Waals surface area contributed by atoms with Gasteiger partial charge in [-0.05, 0) is 49.8 Å². The highest BCUT2D eigenvalue weighted by Crippen LogP contribution is 2.38. The predicted octanol–water partition coefficient (Wildman–Crippen LogP) is 5.33. The Morgan fingerprint density at radius 2 is 1.94 bits per heavy atom. The lowest BCUT2D eigenvalue weighted by atomic mass is 9.83. The lowest BCUT2D eigenvalue weighted by molar-refractivity contribution is -0.136. The van der Waals surface area contributed by atoms with E-state index in [2.05, 4.69) is 16.4 Å². The molecule has 0 spiro atoms. The summed E-state index contributed by atoms with van der Waals surface area (Å²) in [6.07, 6.45) is 0.895. The van der Waals surface area contributed by atoms with E-state index in [-0.39, 0.29) is 41.1 Å². The molecule has 1 aromatic carbocycles. The van der Waals surface area contributed by atoms with Crippen LogP contribution in [0.4, 0.5) is 13.2 Å². The number of aromatic nitrogens is 1. The fourth-order valence-electron chi connectivity index (χ4n) is 4.95. The molecule has 1 amide bonds. The molecule has 4 rings (SSSR count). The van der Waals surface area contributed by atoms with Gasteiger partial charge in [0.2, 0.25) is 5.91 Å². The fourth-order valence-corrected chi connectivity index (χ4v) is 4.95. The van der Waals surface area contributed by atoms with Gasteiger partial charge < -0.3 is 10.3 Å². The van der Waals surface area contributed by atoms with Crippen molar-refractivity contribution in [1.82, 2.24) is 10.3 Å². The first-order chi connectivity index (χ1) is 16.7. The molecule has 2 aliphatic carbocycles. The van der Waals surface area contributed by atoms with Crippen LogP contribution in [0.3, 0.4) is 0 Å². The van der Waals surface area contributed by atoms with E-state index < -0.39 is 35.4 Å². The van der Waals surface area contributed by atoms with Crippen molar-refractivity contribution in [3.63, 3.8) is 0 Å². The predicted molar refractivity (Wildman–Crippen MR) is 122 cm³/mol. The number of hydrogen-bond donors (Lipinski definition) is 2. The minimum Gasteiger partial charge on any atom is -0.352 e. The number of alkyl halides is 3. The van der Waals surface area contributed by atoms with Crippen LogP contribution in [0.25, 0.3) is 10.9 Å². The van der Waals surface area contributed by atoms with Gasteiger partial charge in [0.1, 0.15) is 11.8 Å². The molecule has 1 aromatic heterocycles. The van der Waals surface area contributed by atoms with E-state index in [1.54, 1.807) is 0 Å². The van der Waals surface area contributed by atoms with E-state index in [0.29, 0.717) is 25.2 Å². The summed E-state index contributed by atoms with van der Waals surface area (Å²) >= 11 is 0. The van der Waals surface area contributed by atoms with E-state index in [0.717, 1.165) is 31.7 Å². The highest BCUT2D eigenvalue weighted by molar-refractivity contribution is 6.02. The van der Waals surface area contributed by atoms with E-state index >= 15 is 0 Å². The van der Waals surface area contributed by atoms with Crippen LogP contribution in [0, 0.1) is 29.1 Å². The van der Waals surface area contributed by atoms with Crippen LogP contribution in [0.2, 0.25) is 0 Å². The second-order valence-corrected chi connectivity index (χ2v) is 9.79. The van der Waals surface area contributed by atoms with Crippen molar-refractivity contribution in [1.29, 1.82) is 5.26 Å². The molecule has 3 unspecified atom stereocenters. The number of H-pyrrole nitrogens is 1. The van der Waals surface area contributed by atoms with E-state index in [4.69, 9.17) is 0 Å². The smallest absolute Gasteiger partial charge is 0.352 e. The number of carbonyl (C=O) groups is 3. The molecule has 0 saturated heterocycles. The van der Waals surface area contributed by atoms with Crippen LogP contribution >= 0.6 is 0 Å². The van der Waals surface area contributed by atoms with Gasteiger partial charge in [-0.15, -0.1) is 0 Å². The topological polar surface area (TPSA) is 103 Å². The average molecular weight is 488 g/mol. The number of nitrogens with zero attached hydrogens (tertiary/aromatic N) is 1. The zero-order valence-electron chi connectivity index (χ0n) is 19.3. The van der Waals surface area contributed by atoms with Crippen LogP contribution in [-0.4, -0.2) is 28.5 Å². The Kier molecular flexibility index (Phi) is 7.29. The summed E-state index contributed by atoms with van der Waals surface area (Å²) in [5.74, 6) is -1.38. The molecule has 186 valence electrons. The van der Waals surface area contributed by atoms with Crippen molar-refractivity contribution in [3.05, 3.63) is 35.5 Å². The van der Waals surface area contributed by atoms with E-state index in [1.165, 1.54) is 18.2 Å². The van der Waals surface area contributed by atoms with Gasteiger partial charge in [0, 0.05) is 35.6 Å². The first-order valence-electron chi connectivity index (χ1n) is 12.1. The normalized spacial score (nSPS) is 20.3. The SMILES string of the molecule is N#CC(CC1CCCCC1=O)NC(=O)C(CC(=O)c1cc2c(C(F)(F)F)cccc2[nH]1)CC1CC1. The van der Waals surface area contributed by atoms with Crippen molar-refractivity contribution < 1.29 is 27.6 Å². The quantitative estimate of drug-likeness (QED) is 0.467. The van der Waals surface area contributed by atoms with Gasteiger partial charge in [0.05, 0.1) is 17.3 Å². The van der Waals surface area contributed by atoms with Crippen molar-refractivity contribution in [3.8, 4) is 6.07 Å². The lowest BCUT2D eigenvalue weighted by Crippen LogP contribution is -2.41. The molecular formula is C26H28F3N3O3. The van der Waals surface area contributed by atoms with Crippen molar-refractivity contribution >= 4 is 28.4 Å². The standard InChI is InChI=1S/C26H28F3N3O3/c27-26(28,29)20-5-3-6-21-19(20)13-22(32-21)24(34)12-17(10-15-8-9-15)25(35)31-18(14-30)11-16-4-1-2-7-23(16)33/h3,5-6,13,15-18,32H,1-2,4,7-12H2,(H,31,35). The van der Waals surface area contributed by atoms with Crippen LogP contribution in [0.1, 0.15) is 73.8 Å². The number of fused-ring (bicyclic) bond motifs is 1. The Bertz CT molecular complexity index is 1160. The zero-order valence-corrected chi connectivity index (χ0v) is 19.3. The van der Waals surface area contributed by atoms with Crippen LogP contribution < -0.4 is 5.32 Å². The van der Waals surface area contributed by atoms with Gasteiger partial charge in [-0.3, -0.25) is 14.4 Å². The monoisotopic (exact) mass is 487 g/mol. The summed E-state index contributed by atoms with van der Waals surface area (Å²) in [4.78, 5) is 41.0. The second-order valence-electron chi connectivity index (χ2n) is 9.79. The van der Waals surface area contributed by atoms with Gasteiger partial charge in [0.15, 0.2) is 5.78 Å². The molecule has 9 heteroatoms. The summed E-state index contributed by atoms with van der Waals surface area (Å²) in [5, 5.41) is 12.2. The van der Waals surface area contributed by atoms with Crippen molar-refractivity contribution in [2.45, 2.75) is 70.0 Å². The summed E-state index contributed by atoms with van der Waals surface area (Å²) in [6, 6.07) is 6.15. The maximum Gasteiger partial charge on any atom is 0.417 e. The Morgan fingerprint density at radius 3 is 2.60 bits per heavy atom. The summed E-state index contributed by atoms with van der Waals surface area (Å²) in [7, 11) is 0. The van der Waals surface area contributed by atoms with Gasteiger partial charge in [-0.1, -0.05) is 25.3 Å². The Labute approximate surface area is 201 Å². The Morgan fingerprint density at radius 1 is 1.17 bits per heavy atom. The molecule has 2 N–H and O–H groups in total. The number of amides is 1. The van der Waals surface area contributed by atoms with E-state index in [9.17, 15) is 32.8 Å². The Hall–Kier alpha value is -3.15. The van der Waals surface area contributed by atoms with Crippen LogP contribution in [0.15, 0.2) is 24.3 Å². The maximum atomic E-state index is 13.3. The number of nitriles is 1. The molecule has 35 heavy (non-hydrogen) atoms. The maximum absolute atomic E-state index is 13.3. The third-order valence-corrected chi connectivity index (χ3v) is 7.06. The third kappa shape index (κ3) is 6.11. The average Bonchev–Trinajstić information content (AvgIpc) is 3.52. The number of aromatic amines is 1. The zero-order chi connectivity index (χ0) is 25.2. The minimum atomic E-state index is -4.55. The second kappa shape index (κ2) is 10.2. The van der Waals surface area contributed by atoms with Crippen LogP contribution in [-0.2, 0) is 15.8 Å². The van der Waals surface area contributed by atoms with E-state index in [1.807, 2.05) is 0 Å². The first-order valence-corrected chi connectivity index (χ1v) is 12.1. The molecule has 1 heterocycles. The fraction of sp³-hybridized carbons (Fsp3) is 0.538. The largest absolute Gasteiger partial charge is 0.417 e. The van der Waals surface area contributed by atoms with Crippen molar-refractivity contribution in [2.75, 3.05) is 0 Å². The molecule has 6 nitrogen and oxygen atoms in total. The molecule has 2 saturated carbocycles. The highest BCUT2D eigenvalue weighted by Gasteiger charge is 2.35. The number of benzene rings is 1. The van der Waals surface area contributed by atoms with Gasteiger partial charge >= 0.3 is 6.18 Å². The number of halogens is 3. The highest BCUT2D eigenvalue weighted by atomic mass is 19.4. The molecule has 0 bridgehead atoms. The minimum absolute atomic E-state index is 0.0231. The molecule has 2 aliphatic rings. The number of hydrogen-bond acceptors (Lipinski definition) is 4. The number of Topliss-reactive ketones (excluding diaryl/α,β-unsaturated/α-hetero) is 2. The molecular weight excluding hydrogens is 459 g/mol. The molecule has 3 atom stereocenters. The number of ketones is 2. The molecule has 2 aromatic rings.